The number of benzene rings is 3. The van der Waals surface area contributed by atoms with Crippen LogP contribution in [0.2, 0.25) is 0 Å². The van der Waals surface area contributed by atoms with Crippen LogP contribution in [0.3, 0.4) is 0 Å². The minimum absolute atomic E-state index is 0.0203. The highest BCUT2D eigenvalue weighted by molar-refractivity contribution is 6.26. The van der Waals surface area contributed by atoms with Gasteiger partial charge in [-0.2, -0.15) is 0 Å². The molecule has 6 amide bonds. The first kappa shape index (κ1) is 47.9. The molecule has 0 saturated carbocycles. The quantitative estimate of drug-likeness (QED) is 0.0761. The third-order valence-electron chi connectivity index (χ3n) is 11.0. The molecule has 2 N–H and O–H groups in total. The van der Waals surface area contributed by atoms with Crippen LogP contribution in [0.15, 0.2) is 66.7 Å². The summed E-state index contributed by atoms with van der Waals surface area (Å²) >= 11 is 0. The number of carbonyl (C=O) groups excluding carboxylic acids is 6. The van der Waals surface area contributed by atoms with Crippen molar-refractivity contribution in [2.24, 2.45) is 0 Å². The lowest BCUT2D eigenvalue weighted by atomic mass is 9.98. The SMILES string of the molecule is CN(CCOCCOCCOCCOCCOCCOCCCCCC(=O)Nc1cccc2c1C(=O)N(C1CCC(=O)NC1=O)C2=O)C(=O)OCC1c2ccccc2-c2ccccc21. The fourth-order valence-electron chi connectivity index (χ4n) is 7.70. The zero-order chi connectivity index (χ0) is 45.1. The Labute approximate surface area is 372 Å². The highest BCUT2D eigenvalue weighted by Gasteiger charge is 2.45. The van der Waals surface area contributed by atoms with Gasteiger partial charge in [0.15, 0.2) is 0 Å². The van der Waals surface area contributed by atoms with Gasteiger partial charge in [-0.15, -0.1) is 0 Å². The smallest absolute Gasteiger partial charge is 0.409 e. The summed E-state index contributed by atoms with van der Waals surface area (Å²) in [5.74, 6) is -2.71. The molecule has 2 aliphatic heterocycles. The largest absolute Gasteiger partial charge is 0.448 e. The summed E-state index contributed by atoms with van der Waals surface area (Å²) in [6.07, 6.45) is 2.03. The van der Waals surface area contributed by atoms with E-state index in [1.165, 1.54) is 33.2 Å². The van der Waals surface area contributed by atoms with E-state index in [1.54, 1.807) is 19.2 Å². The maximum absolute atomic E-state index is 13.2. The summed E-state index contributed by atoms with van der Waals surface area (Å²) in [6.45, 7) is 5.88. The Kier molecular flexibility index (Phi) is 18.8. The van der Waals surface area contributed by atoms with Crippen LogP contribution >= 0.6 is 0 Å². The molecule has 344 valence electrons. The van der Waals surface area contributed by atoms with Crippen molar-refractivity contribution in [1.82, 2.24) is 15.1 Å². The Morgan fingerprint density at radius 2 is 1.20 bits per heavy atom. The van der Waals surface area contributed by atoms with Crippen LogP contribution < -0.4 is 10.6 Å². The van der Waals surface area contributed by atoms with E-state index < -0.39 is 29.7 Å². The second-order valence-electron chi connectivity index (χ2n) is 15.4. The molecular formula is C47H58N4O13. The number of anilines is 1. The van der Waals surface area contributed by atoms with Crippen molar-refractivity contribution < 1.29 is 61.9 Å². The number of ether oxygens (including phenoxy) is 7. The minimum atomic E-state index is -1.08. The van der Waals surface area contributed by atoms with Gasteiger partial charge in [-0.1, -0.05) is 61.0 Å². The van der Waals surface area contributed by atoms with Gasteiger partial charge in [-0.05, 0) is 53.6 Å². The molecule has 1 atom stereocenters. The summed E-state index contributed by atoms with van der Waals surface area (Å²) in [6, 6.07) is 20.0. The van der Waals surface area contributed by atoms with Gasteiger partial charge in [-0.25, -0.2) is 4.79 Å². The third-order valence-corrected chi connectivity index (χ3v) is 11.0. The molecule has 6 rings (SSSR count). The van der Waals surface area contributed by atoms with Gasteiger partial charge in [0.05, 0.1) is 89.5 Å². The van der Waals surface area contributed by atoms with E-state index in [2.05, 4.69) is 34.9 Å². The maximum Gasteiger partial charge on any atom is 0.409 e. The number of nitrogens with zero attached hydrogens (tertiary/aromatic N) is 2. The fourth-order valence-corrected chi connectivity index (χ4v) is 7.70. The topological polar surface area (TPSA) is 198 Å². The van der Waals surface area contributed by atoms with Crippen molar-refractivity contribution in [2.75, 3.05) is 105 Å². The van der Waals surface area contributed by atoms with Crippen molar-refractivity contribution >= 4 is 41.3 Å². The molecule has 17 heteroatoms. The summed E-state index contributed by atoms with van der Waals surface area (Å²) in [5, 5.41) is 4.91. The molecule has 17 nitrogen and oxygen atoms in total. The van der Waals surface area contributed by atoms with E-state index in [1.807, 2.05) is 24.3 Å². The van der Waals surface area contributed by atoms with Gasteiger partial charge in [-0.3, -0.25) is 34.2 Å². The number of carbonyl (C=O) groups is 6. The van der Waals surface area contributed by atoms with Crippen LogP contribution in [-0.2, 0) is 47.5 Å². The number of fused-ring (bicyclic) bond motifs is 4. The van der Waals surface area contributed by atoms with Crippen molar-refractivity contribution in [3.8, 4) is 11.1 Å². The zero-order valence-electron chi connectivity index (χ0n) is 36.3. The Morgan fingerprint density at radius 3 is 1.80 bits per heavy atom. The third kappa shape index (κ3) is 13.2. The normalized spacial score (nSPS) is 15.5. The molecule has 3 aromatic rings. The molecule has 1 unspecified atom stereocenters. The second kappa shape index (κ2) is 25.1. The van der Waals surface area contributed by atoms with E-state index in [4.69, 9.17) is 33.2 Å². The average molecular weight is 887 g/mol. The number of unbranched alkanes of at least 4 members (excludes halogenated alkanes) is 2. The first-order valence-corrected chi connectivity index (χ1v) is 21.9. The van der Waals surface area contributed by atoms with E-state index >= 15 is 0 Å². The number of rotatable bonds is 28. The molecule has 1 saturated heterocycles. The van der Waals surface area contributed by atoms with Crippen LogP contribution in [0.25, 0.3) is 11.1 Å². The standard InChI is InChI=1S/C47H58N4O13/c1-50(47(57)64-32-38-35-12-6-4-10-33(35)34-11-5-7-13-36(34)38)19-21-59-23-25-61-27-29-63-31-30-62-28-26-60-24-22-58-20-8-2-3-16-41(52)48-39-15-9-14-37-43(39)46(56)51(45(37)55)40-17-18-42(53)49-44(40)54/h4-7,9-15,38,40H,2-3,8,16-32H2,1H3,(H,48,52)(H,49,53,54). The first-order chi connectivity index (χ1) is 31.2. The summed E-state index contributed by atoms with van der Waals surface area (Å²) in [5.41, 5.74) is 5.11. The van der Waals surface area contributed by atoms with Crippen LogP contribution in [0.4, 0.5) is 10.5 Å². The van der Waals surface area contributed by atoms with Gasteiger partial charge >= 0.3 is 6.09 Å². The molecule has 0 bridgehead atoms. The lowest BCUT2D eigenvalue weighted by molar-refractivity contribution is -0.136. The van der Waals surface area contributed by atoms with Crippen molar-refractivity contribution in [3.05, 3.63) is 89.0 Å². The van der Waals surface area contributed by atoms with Crippen molar-refractivity contribution in [2.45, 2.75) is 50.5 Å². The number of hydrogen-bond acceptors (Lipinski definition) is 13. The average Bonchev–Trinajstić information content (AvgIpc) is 3.75. The highest BCUT2D eigenvalue weighted by Crippen LogP contribution is 2.44. The van der Waals surface area contributed by atoms with Gasteiger partial charge in [0.25, 0.3) is 11.8 Å². The highest BCUT2D eigenvalue weighted by atomic mass is 16.6. The number of piperidine rings is 1. The molecule has 3 aliphatic rings. The molecule has 2 heterocycles. The Morgan fingerprint density at radius 1 is 0.656 bits per heavy atom. The monoisotopic (exact) mass is 886 g/mol. The van der Waals surface area contributed by atoms with E-state index in [0.29, 0.717) is 92.2 Å². The van der Waals surface area contributed by atoms with Gasteiger partial charge in [0.2, 0.25) is 17.7 Å². The Balaban J connectivity index is 0.676. The van der Waals surface area contributed by atoms with E-state index in [-0.39, 0.29) is 60.6 Å². The number of hydrogen-bond donors (Lipinski definition) is 2. The summed E-state index contributed by atoms with van der Waals surface area (Å²) in [7, 11) is 1.70. The van der Waals surface area contributed by atoms with Crippen molar-refractivity contribution in [3.63, 3.8) is 0 Å². The van der Waals surface area contributed by atoms with E-state index in [0.717, 1.165) is 17.7 Å². The number of likely N-dealkylation sites (N-methyl/N-ethyl adjacent to an activating group) is 1. The van der Waals surface area contributed by atoms with Crippen LogP contribution in [0, 0.1) is 0 Å². The number of amides is 6. The van der Waals surface area contributed by atoms with Crippen LogP contribution in [0.1, 0.15) is 76.3 Å². The van der Waals surface area contributed by atoms with Gasteiger partial charge < -0.3 is 43.4 Å². The predicted molar refractivity (Wildman–Crippen MR) is 233 cm³/mol. The molecule has 0 aromatic heterocycles. The molecule has 1 fully saturated rings. The Hall–Kier alpha value is -5.56. The zero-order valence-corrected chi connectivity index (χ0v) is 36.3. The fraction of sp³-hybridized carbons (Fsp3) is 0.489. The molecule has 64 heavy (non-hydrogen) atoms. The van der Waals surface area contributed by atoms with Crippen LogP contribution in [0.5, 0.6) is 0 Å². The number of imide groups is 2. The molecule has 0 radical (unpaired) electrons. The summed E-state index contributed by atoms with van der Waals surface area (Å²) < 4.78 is 39.1. The maximum atomic E-state index is 13.2. The predicted octanol–water partition coefficient (Wildman–Crippen LogP) is 4.57. The molecule has 0 spiro atoms. The molecule has 3 aromatic carbocycles. The molecular weight excluding hydrogens is 829 g/mol. The number of nitrogens with one attached hydrogen (secondary N) is 2. The van der Waals surface area contributed by atoms with E-state index in [9.17, 15) is 28.8 Å². The lowest BCUT2D eigenvalue weighted by Crippen LogP contribution is -2.54. The second-order valence-corrected chi connectivity index (χ2v) is 15.4. The van der Waals surface area contributed by atoms with Crippen LogP contribution in [-0.4, -0.2) is 151 Å². The molecule has 1 aliphatic carbocycles. The first-order valence-electron chi connectivity index (χ1n) is 21.9. The van der Waals surface area contributed by atoms with Gasteiger partial charge in [0.1, 0.15) is 12.6 Å². The van der Waals surface area contributed by atoms with Gasteiger partial charge in [0, 0.05) is 39.0 Å². The Bertz CT molecular complexity index is 2030. The lowest BCUT2D eigenvalue weighted by Gasteiger charge is -2.27. The van der Waals surface area contributed by atoms with Crippen molar-refractivity contribution in [1.29, 1.82) is 0 Å². The minimum Gasteiger partial charge on any atom is -0.448 e. The summed E-state index contributed by atoms with van der Waals surface area (Å²) in [4.78, 5) is 77.8.